The minimum absolute atomic E-state index is 0. The third-order valence-corrected chi connectivity index (χ3v) is 4.43. The summed E-state index contributed by atoms with van der Waals surface area (Å²) in [6.07, 6.45) is 5.56. The predicted octanol–water partition coefficient (Wildman–Crippen LogP) is 3.17. The van der Waals surface area contributed by atoms with Crippen LogP contribution >= 0.6 is 24.8 Å². The van der Waals surface area contributed by atoms with E-state index in [9.17, 15) is 4.79 Å². The summed E-state index contributed by atoms with van der Waals surface area (Å²) < 4.78 is 0. The number of halogens is 2. The largest absolute Gasteiger partial charge is 0.341 e. The van der Waals surface area contributed by atoms with Crippen LogP contribution in [0.1, 0.15) is 52.9 Å². The van der Waals surface area contributed by atoms with Crippen LogP contribution in [0, 0.1) is 11.8 Å². The summed E-state index contributed by atoms with van der Waals surface area (Å²) in [7, 11) is 2.21. The zero-order valence-electron chi connectivity index (χ0n) is 15.3. The van der Waals surface area contributed by atoms with Crippen molar-refractivity contribution in [3.05, 3.63) is 0 Å². The molecule has 0 saturated carbocycles. The van der Waals surface area contributed by atoms with Gasteiger partial charge in [-0.1, -0.05) is 27.2 Å². The number of likely N-dealkylation sites (tertiary alicyclic amines) is 1. The molecule has 0 aromatic heterocycles. The lowest BCUT2D eigenvalue weighted by Crippen LogP contribution is -2.48. The Kier molecular flexibility index (Phi) is 14.6. The highest BCUT2D eigenvalue weighted by Crippen LogP contribution is 2.19. The molecule has 2 N–H and O–H groups in total. The fourth-order valence-corrected chi connectivity index (χ4v) is 3.14. The molecule has 23 heavy (non-hydrogen) atoms. The van der Waals surface area contributed by atoms with Gasteiger partial charge in [0, 0.05) is 19.6 Å². The van der Waals surface area contributed by atoms with Crippen LogP contribution in [-0.2, 0) is 4.79 Å². The second-order valence-electron chi connectivity index (χ2n) is 7.12. The highest BCUT2D eigenvalue weighted by Gasteiger charge is 2.26. The Morgan fingerprint density at radius 1 is 1.26 bits per heavy atom. The third kappa shape index (κ3) is 9.75. The van der Waals surface area contributed by atoms with E-state index in [0.717, 1.165) is 38.3 Å². The number of hydrogen-bond donors (Lipinski definition) is 1. The summed E-state index contributed by atoms with van der Waals surface area (Å²) in [5, 5.41) is 0. The molecule has 1 amide bonds. The molecule has 0 spiro atoms. The SMILES string of the molecule is CCCCN(C)CC1CCN(C(=O)[C@@H](N)CC(C)C)CC1.Cl.Cl. The molecule has 1 aliphatic heterocycles. The zero-order chi connectivity index (χ0) is 15.8. The van der Waals surface area contributed by atoms with Crippen LogP contribution in [0.3, 0.4) is 0 Å². The van der Waals surface area contributed by atoms with E-state index in [2.05, 4.69) is 32.7 Å². The van der Waals surface area contributed by atoms with E-state index < -0.39 is 0 Å². The Bertz CT molecular complexity index is 308. The fraction of sp³-hybridized carbons (Fsp3) is 0.941. The van der Waals surface area contributed by atoms with E-state index in [1.54, 1.807) is 0 Å². The number of unbranched alkanes of at least 4 members (excludes halogenated alkanes) is 1. The minimum Gasteiger partial charge on any atom is -0.341 e. The summed E-state index contributed by atoms with van der Waals surface area (Å²) in [5.41, 5.74) is 6.02. The number of rotatable bonds is 8. The molecule has 0 unspecified atom stereocenters. The van der Waals surface area contributed by atoms with Gasteiger partial charge in [-0.15, -0.1) is 24.8 Å². The van der Waals surface area contributed by atoms with E-state index in [4.69, 9.17) is 5.73 Å². The second kappa shape index (κ2) is 13.3. The summed E-state index contributed by atoms with van der Waals surface area (Å²) in [5.74, 6) is 1.37. The molecule has 6 heteroatoms. The first-order valence-corrected chi connectivity index (χ1v) is 8.66. The average molecular weight is 370 g/mol. The summed E-state index contributed by atoms with van der Waals surface area (Å²) in [4.78, 5) is 16.7. The van der Waals surface area contributed by atoms with Crippen molar-refractivity contribution in [3.8, 4) is 0 Å². The van der Waals surface area contributed by atoms with Gasteiger partial charge in [0.2, 0.25) is 5.91 Å². The number of carbonyl (C=O) groups excluding carboxylic acids is 1. The topological polar surface area (TPSA) is 49.6 Å². The Morgan fingerprint density at radius 2 is 1.83 bits per heavy atom. The summed E-state index contributed by atoms with van der Waals surface area (Å²) in [6, 6.07) is -0.311. The van der Waals surface area contributed by atoms with E-state index in [1.807, 2.05) is 4.90 Å². The van der Waals surface area contributed by atoms with Gasteiger partial charge in [0.25, 0.3) is 0 Å². The lowest BCUT2D eigenvalue weighted by atomic mass is 9.95. The van der Waals surface area contributed by atoms with Crippen LogP contribution in [0.4, 0.5) is 0 Å². The van der Waals surface area contributed by atoms with Crippen molar-refractivity contribution in [3.63, 3.8) is 0 Å². The van der Waals surface area contributed by atoms with E-state index >= 15 is 0 Å². The number of hydrogen-bond acceptors (Lipinski definition) is 3. The van der Waals surface area contributed by atoms with Gasteiger partial charge in [0.15, 0.2) is 0 Å². The Balaban J connectivity index is 0. The molecular weight excluding hydrogens is 333 g/mol. The molecule has 1 atom stereocenters. The Morgan fingerprint density at radius 3 is 2.30 bits per heavy atom. The molecule has 1 rings (SSSR count). The summed E-state index contributed by atoms with van der Waals surface area (Å²) >= 11 is 0. The number of piperidine rings is 1. The van der Waals surface area contributed by atoms with Gasteiger partial charge in [0.05, 0.1) is 6.04 Å². The van der Waals surface area contributed by atoms with Crippen molar-refractivity contribution in [2.45, 2.75) is 58.9 Å². The second-order valence-corrected chi connectivity index (χ2v) is 7.12. The smallest absolute Gasteiger partial charge is 0.239 e. The maximum Gasteiger partial charge on any atom is 0.239 e. The molecule has 140 valence electrons. The van der Waals surface area contributed by atoms with Crippen LogP contribution in [-0.4, -0.2) is 55.0 Å². The maximum absolute atomic E-state index is 12.3. The molecule has 0 aromatic carbocycles. The molecule has 4 nitrogen and oxygen atoms in total. The van der Waals surface area contributed by atoms with Gasteiger partial charge in [-0.25, -0.2) is 0 Å². The van der Waals surface area contributed by atoms with Crippen LogP contribution in [0.2, 0.25) is 0 Å². The van der Waals surface area contributed by atoms with Crippen molar-refractivity contribution >= 4 is 30.7 Å². The van der Waals surface area contributed by atoms with E-state index in [-0.39, 0.29) is 36.8 Å². The number of nitrogens with zero attached hydrogens (tertiary/aromatic N) is 2. The molecule has 0 bridgehead atoms. The summed E-state index contributed by atoms with van der Waals surface area (Å²) in [6.45, 7) is 10.6. The third-order valence-electron chi connectivity index (χ3n) is 4.43. The predicted molar refractivity (Wildman–Crippen MR) is 104 cm³/mol. The molecule has 0 aromatic rings. The van der Waals surface area contributed by atoms with Gasteiger partial charge in [-0.05, 0) is 51.1 Å². The van der Waals surface area contributed by atoms with Crippen molar-refractivity contribution in [1.82, 2.24) is 9.80 Å². The van der Waals surface area contributed by atoms with Gasteiger partial charge >= 0.3 is 0 Å². The molecule has 1 fully saturated rings. The number of amides is 1. The minimum atomic E-state index is -0.311. The Labute approximate surface area is 155 Å². The molecule has 1 saturated heterocycles. The highest BCUT2D eigenvalue weighted by molar-refractivity contribution is 5.85. The van der Waals surface area contributed by atoms with Crippen molar-refractivity contribution in [2.24, 2.45) is 17.6 Å². The molecule has 0 aliphatic carbocycles. The van der Waals surface area contributed by atoms with Crippen molar-refractivity contribution < 1.29 is 4.79 Å². The van der Waals surface area contributed by atoms with Crippen LogP contribution < -0.4 is 5.73 Å². The first-order chi connectivity index (χ1) is 9.93. The Hall–Kier alpha value is -0.0300. The number of nitrogens with two attached hydrogens (primary N) is 1. The molecule has 1 heterocycles. The van der Waals surface area contributed by atoms with Crippen LogP contribution in [0.15, 0.2) is 0 Å². The van der Waals surface area contributed by atoms with Gasteiger partial charge in [0.1, 0.15) is 0 Å². The van der Waals surface area contributed by atoms with Crippen LogP contribution in [0.5, 0.6) is 0 Å². The standard InChI is InChI=1S/C17H35N3O.2ClH/c1-5-6-9-19(4)13-15-7-10-20(11-8-15)17(21)16(18)12-14(2)3;;/h14-16H,5-13,18H2,1-4H3;2*1H/t16-;;/m0../s1. The molecule has 0 radical (unpaired) electrons. The zero-order valence-corrected chi connectivity index (χ0v) is 16.9. The quantitative estimate of drug-likeness (QED) is 0.714. The van der Waals surface area contributed by atoms with E-state index in [0.29, 0.717) is 5.92 Å². The molecule has 1 aliphatic rings. The van der Waals surface area contributed by atoms with E-state index in [1.165, 1.54) is 25.9 Å². The van der Waals surface area contributed by atoms with Gasteiger partial charge in [-0.3, -0.25) is 4.79 Å². The van der Waals surface area contributed by atoms with Crippen LogP contribution in [0.25, 0.3) is 0 Å². The molecular formula is C17H37Cl2N3O. The monoisotopic (exact) mass is 369 g/mol. The van der Waals surface area contributed by atoms with Gasteiger partial charge in [-0.2, -0.15) is 0 Å². The van der Waals surface area contributed by atoms with Crippen molar-refractivity contribution in [2.75, 3.05) is 33.2 Å². The first-order valence-electron chi connectivity index (χ1n) is 8.66. The highest BCUT2D eigenvalue weighted by atomic mass is 35.5. The lowest BCUT2D eigenvalue weighted by molar-refractivity contribution is -0.134. The van der Waals surface area contributed by atoms with Gasteiger partial charge < -0.3 is 15.5 Å². The fourth-order valence-electron chi connectivity index (χ4n) is 3.14. The normalized spacial score (nSPS) is 16.9. The first kappa shape index (κ1) is 25.2. The average Bonchev–Trinajstić information content (AvgIpc) is 2.44. The maximum atomic E-state index is 12.3. The number of carbonyl (C=O) groups is 1. The lowest BCUT2D eigenvalue weighted by Gasteiger charge is -2.35. The van der Waals surface area contributed by atoms with Crippen molar-refractivity contribution in [1.29, 1.82) is 0 Å².